The summed E-state index contributed by atoms with van der Waals surface area (Å²) in [5.74, 6) is -0.0289. The number of hydrogen-bond donors (Lipinski definition) is 0. The highest BCUT2D eigenvalue weighted by Crippen LogP contribution is 2.30. The third-order valence-corrected chi connectivity index (χ3v) is 6.92. The SMILES string of the molecule is Cc1c(C(=O)OCC2CCCCC2)csc1S(=O)(=O)Cl. The number of esters is 1. The molecular weight excluding hydrogens is 320 g/mol. The van der Waals surface area contributed by atoms with Crippen LogP contribution >= 0.6 is 22.0 Å². The molecule has 7 heteroatoms. The maximum absolute atomic E-state index is 12.0. The first-order valence-electron chi connectivity index (χ1n) is 6.59. The molecule has 2 rings (SSSR count). The average Bonchev–Trinajstić information content (AvgIpc) is 2.79. The quantitative estimate of drug-likeness (QED) is 0.621. The van der Waals surface area contributed by atoms with Crippen LogP contribution in [0.25, 0.3) is 0 Å². The predicted molar refractivity (Wildman–Crippen MR) is 79.0 cm³/mol. The first-order valence-corrected chi connectivity index (χ1v) is 9.78. The van der Waals surface area contributed by atoms with E-state index in [1.165, 1.54) is 24.6 Å². The second-order valence-electron chi connectivity index (χ2n) is 5.10. The minimum absolute atomic E-state index is 0.0174. The van der Waals surface area contributed by atoms with Gasteiger partial charge in [0.2, 0.25) is 0 Å². The van der Waals surface area contributed by atoms with Crippen LogP contribution in [-0.2, 0) is 13.8 Å². The van der Waals surface area contributed by atoms with Crippen molar-refractivity contribution >= 4 is 37.0 Å². The average molecular weight is 337 g/mol. The fourth-order valence-electron chi connectivity index (χ4n) is 2.47. The highest BCUT2D eigenvalue weighted by atomic mass is 35.7. The van der Waals surface area contributed by atoms with Gasteiger partial charge in [0.05, 0.1) is 12.2 Å². The van der Waals surface area contributed by atoms with Gasteiger partial charge in [-0.25, -0.2) is 13.2 Å². The Bertz CT molecular complexity index is 586. The molecule has 0 spiro atoms. The van der Waals surface area contributed by atoms with Gasteiger partial charge in [-0.3, -0.25) is 0 Å². The van der Waals surface area contributed by atoms with Crippen molar-refractivity contribution in [2.75, 3.05) is 6.61 Å². The summed E-state index contributed by atoms with van der Waals surface area (Å²) in [7, 11) is 1.51. The summed E-state index contributed by atoms with van der Waals surface area (Å²) in [5.41, 5.74) is 0.670. The van der Waals surface area contributed by atoms with E-state index in [0.717, 1.165) is 24.2 Å². The second kappa shape index (κ2) is 6.45. The molecule has 1 saturated carbocycles. The van der Waals surface area contributed by atoms with Crippen LogP contribution in [0.4, 0.5) is 0 Å². The standard InChI is InChI=1S/C13H17ClO4S2/c1-9-11(8-19-13(9)20(14,16)17)12(15)18-7-10-5-3-2-4-6-10/h8,10H,2-7H2,1H3. The molecule has 0 aliphatic heterocycles. The normalized spacial score (nSPS) is 17.1. The Hall–Kier alpha value is -0.590. The Morgan fingerprint density at radius 3 is 2.60 bits per heavy atom. The zero-order valence-corrected chi connectivity index (χ0v) is 13.6. The van der Waals surface area contributed by atoms with E-state index in [1.54, 1.807) is 6.92 Å². The van der Waals surface area contributed by atoms with E-state index in [0.29, 0.717) is 23.7 Å². The van der Waals surface area contributed by atoms with Crippen LogP contribution in [0.3, 0.4) is 0 Å². The van der Waals surface area contributed by atoms with Crippen molar-refractivity contribution in [1.29, 1.82) is 0 Å². The lowest BCUT2D eigenvalue weighted by molar-refractivity contribution is 0.0410. The van der Waals surface area contributed by atoms with E-state index in [1.807, 2.05) is 0 Å². The molecule has 0 atom stereocenters. The number of halogens is 1. The predicted octanol–water partition coefficient (Wildman–Crippen LogP) is 3.72. The lowest BCUT2D eigenvalue weighted by Gasteiger charge is -2.20. The van der Waals surface area contributed by atoms with E-state index in [9.17, 15) is 13.2 Å². The Kier molecular flexibility index (Phi) is 5.09. The van der Waals surface area contributed by atoms with Crippen molar-refractivity contribution < 1.29 is 17.9 Å². The fraction of sp³-hybridized carbons (Fsp3) is 0.615. The third-order valence-electron chi connectivity index (χ3n) is 3.61. The lowest BCUT2D eigenvalue weighted by Crippen LogP contribution is -2.17. The molecule has 1 heterocycles. The van der Waals surface area contributed by atoms with Crippen LogP contribution < -0.4 is 0 Å². The van der Waals surface area contributed by atoms with Crippen LogP contribution in [-0.4, -0.2) is 21.0 Å². The van der Waals surface area contributed by atoms with Gasteiger partial charge in [-0.05, 0) is 31.2 Å². The van der Waals surface area contributed by atoms with Gasteiger partial charge in [0.25, 0.3) is 9.05 Å². The molecule has 4 nitrogen and oxygen atoms in total. The van der Waals surface area contributed by atoms with Crippen molar-refractivity contribution in [3.05, 3.63) is 16.5 Å². The molecule has 1 aliphatic rings. The number of thiophene rings is 1. The fourth-order valence-corrected chi connectivity index (χ4v) is 5.00. The van der Waals surface area contributed by atoms with Gasteiger partial charge in [0.15, 0.2) is 0 Å². The van der Waals surface area contributed by atoms with E-state index >= 15 is 0 Å². The number of carbonyl (C=O) groups excluding carboxylic acids is 1. The molecule has 0 amide bonds. The van der Waals surface area contributed by atoms with Gasteiger partial charge >= 0.3 is 5.97 Å². The first-order chi connectivity index (χ1) is 9.39. The van der Waals surface area contributed by atoms with Crippen molar-refractivity contribution in [1.82, 2.24) is 0 Å². The van der Waals surface area contributed by atoms with Crippen LogP contribution in [0.2, 0.25) is 0 Å². The number of rotatable bonds is 4. The Morgan fingerprint density at radius 2 is 2.05 bits per heavy atom. The van der Waals surface area contributed by atoms with Crippen LogP contribution in [0, 0.1) is 12.8 Å². The lowest BCUT2D eigenvalue weighted by atomic mass is 9.90. The molecule has 0 radical (unpaired) electrons. The van der Waals surface area contributed by atoms with Gasteiger partial charge in [0.1, 0.15) is 4.21 Å². The highest BCUT2D eigenvalue weighted by Gasteiger charge is 2.23. The second-order valence-corrected chi connectivity index (χ2v) is 8.74. The minimum Gasteiger partial charge on any atom is -0.462 e. The van der Waals surface area contributed by atoms with Crippen LogP contribution in [0.15, 0.2) is 9.59 Å². The van der Waals surface area contributed by atoms with E-state index in [4.69, 9.17) is 15.4 Å². The van der Waals surface area contributed by atoms with Crippen LogP contribution in [0.5, 0.6) is 0 Å². The molecule has 0 unspecified atom stereocenters. The zero-order valence-electron chi connectivity index (χ0n) is 11.2. The smallest absolute Gasteiger partial charge is 0.339 e. The van der Waals surface area contributed by atoms with Gasteiger partial charge < -0.3 is 4.74 Å². The van der Waals surface area contributed by atoms with Crippen molar-refractivity contribution in [3.63, 3.8) is 0 Å². The first kappa shape index (κ1) is 15.8. The summed E-state index contributed by atoms with van der Waals surface area (Å²) in [4.78, 5) is 12.0. The minimum atomic E-state index is -3.80. The maximum Gasteiger partial charge on any atom is 0.339 e. The summed E-state index contributed by atoms with van der Waals surface area (Å²) in [5, 5.41) is 1.49. The molecule has 112 valence electrons. The maximum atomic E-state index is 12.0. The van der Waals surface area contributed by atoms with E-state index < -0.39 is 15.0 Å². The zero-order chi connectivity index (χ0) is 14.8. The van der Waals surface area contributed by atoms with Gasteiger partial charge in [-0.15, -0.1) is 11.3 Å². The monoisotopic (exact) mass is 336 g/mol. The van der Waals surface area contributed by atoms with Crippen molar-refractivity contribution in [2.24, 2.45) is 5.92 Å². The molecule has 0 aromatic carbocycles. The highest BCUT2D eigenvalue weighted by molar-refractivity contribution is 8.15. The van der Waals surface area contributed by atoms with Crippen molar-refractivity contribution in [3.8, 4) is 0 Å². The molecule has 0 bridgehead atoms. The van der Waals surface area contributed by atoms with Gasteiger partial charge in [-0.1, -0.05) is 19.3 Å². The molecule has 1 fully saturated rings. The summed E-state index contributed by atoms with van der Waals surface area (Å²) >= 11 is 0.952. The van der Waals surface area contributed by atoms with Gasteiger partial charge in [0, 0.05) is 16.1 Å². The summed E-state index contributed by atoms with van der Waals surface area (Å²) in [6, 6.07) is 0. The van der Waals surface area contributed by atoms with E-state index in [-0.39, 0.29) is 4.21 Å². The Labute approximate surface area is 127 Å². The van der Waals surface area contributed by atoms with E-state index in [2.05, 4.69) is 0 Å². The summed E-state index contributed by atoms with van der Waals surface area (Å²) in [6.45, 7) is 1.99. The summed E-state index contributed by atoms with van der Waals surface area (Å²) in [6.07, 6.45) is 5.82. The van der Waals surface area contributed by atoms with Crippen LogP contribution in [0.1, 0.15) is 48.0 Å². The molecule has 1 aromatic heterocycles. The number of ether oxygens (including phenoxy) is 1. The molecule has 1 aliphatic carbocycles. The Morgan fingerprint density at radius 1 is 1.40 bits per heavy atom. The molecule has 0 N–H and O–H groups in total. The molecule has 20 heavy (non-hydrogen) atoms. The molecule has 1 aromatic rings. The van der Waals surface area contributed by atoms with Crippen molar-refractivity contribution in [2.45, 2.75) is 43.2 Å². The third kappa shape index (κ3) is 3.74. The summed E-state index contributed by atoms with van der Waals surface area (Å²) < 4.78 is 28.0. The van der Waals surface area contributed by atoms with Gasteiger partial charge in [-0.2, -0.15) is 0 Å². The topological polar surface area (TPSA) is 60.4 Å². The molecular formula is C13H17ClO4S2. The number of carbonyl (C=O) groups is 1. The number of hydrogen-bond acceptors (Lipinski definition) is 5. The largest absolute Gasteiger partial charge is 0.462 e. The molecule has 0 saturated heterocycles. The Balaban J connectivity index is 2.01.